The van der Waals surface area contributed by atoms with E-state index in [9.17, 15) is 4.79 Å². The number of cyclic esters (lactones) is 1. The number of hydrogen-bond acceptors (Lipinski definition) is 3. The van der Waals surface area contributed by atoms with Crippen molar-refractivity contribution in [3.8, 4) is 0 Å². The molecule has 2 aromatic rings. The zero-order chi connectivity index (χ0) is 15.8. The number of ether oxygens (including phenoxy) is 1. The fourth-order valence-electron chi connectivity index (χ4n) is 3.21. The van der Waals surface area contributed by atoms with Crippen LogP contribution in [0.1, 0.15) is 22.8 Å². The number of nitrogens with one attached hydrogen (secondary N) is 1. The van der Waals surface area contributed by atoms with Gasteiger partial charge in [0, 0.05) is 22.8 Å². The number of rotatable bonds is 2. The molecule has 4 rings (SSSR count). The third-order valence-corrected chi connectivity index (χ3v) is 4.80. The monoisotopic (exact) mass is 328 g/mol. The summed E-state index contributed by atoms with van der Waals surface area (Å²) in [6, 6.07) is 13.7. The summed E-state index contributed by atoms with van der Waals surface area (Å²) in [7, 11) is 0. The highest BCUT2D eigenvalue weighted by molar-refractivity contribution is 6.31. The van der Waals surface area contributed by atoms with Crippen LogP contribution in [-0.2, 0) is 17.7 Å². The number of amides is 1. The van der Waals surface area contributed by atoms with E-state index in [1.165, 1.54) is 11.1 Å². The molecule has 0 aliphatic carbocycles. The molecule has 2 aliphatic rings. The molecule has 2 aliphatic heterocycles. The van der Waals surface area contributed by atoms with Gasteiger partial charge in [0.05, 0.1) is 6.54 Å². The minimum absolute atomic E-state index is 0.321. The Hall–Kier alpha value is -2.04. The van der Waals surface area contributed by atoms with Gasteiger partial charge in [-0.25, -0.2) is 4.79 Å². The maximum atomic E-state index is 12.3. The molecule has 0 aromatic heterocycles. The van der Waals surface area contributed by atoms with E-state index in [0.717, 1.165) is 30.8 Å². The first kappa shape index (κ1) is 14.5. The molecular weight excluding hydrogens is 312 g/mol. The lowest BCUT2D eigenvalue weighted by atomic mass is 10.00. The Bertz CT molecular complexity index is 762. The van der Waals surface area contributed by atoms with Crippen LogP contribution >= 0.6 is 11.6 Å². The summed E-state index contributed by atoms with van der Waals surface area (Å²) < 4.78 is 5.53. The van der Waals surface area contributed by atoms with Crippen molar-refractivity contribution in [1.29, 1.82) is 0 Å². The predicted molar refractivity (Wildman–Crippen MR) is 89.9 cm³/mol. The van der Waals surface area contributed by atoms with Gasteiger partial charge in [-0.1, -0.05) is 35.9 Å². The van der Waals surface area contributed by atoms with Gasteiger partial charge in [0.25, 0.3) is 0 Å². The average molecular weight is 329 g/mol. The van der Waals surface area contributed by atoms with Gasteiger partial charge >= 0.3 is 6.09 Å². The number of halogens is 1. The van der Waals surface area contributed by atoms with Crippen LogP contribution in [0, 0.1) is 0 Å². The van der Waals surface area contributed by atoms with Crippen LogP contribution < -0.4 is 10.2 Å². The Morgan fingerprint density at radius 1 is 1.17 bits per heavy atom. The molecule has 0 bridgehead atoms. The van der Waals surface area contributed by atoms with Crippen LogP contribution in [0.15, 0.2) is 42.5 Å². The molecule has 1 saturated heterocycles. The second kappa shape index (κ2) is 5.87. The van der Waals surface area contributed by atoms with Crippen LogP contribution in [-0.4, -0.2) is 19.2 Å². The van der Waals surface area contributed by atoms with Gasteiger partial charge in [-0.15, -0.1) is 0 Å². The van der Waals surface area contributed by atoms with Gasteiger partial charge in [-0.05, 0) is 42.3 Å². The standard InChI is InChI=1S/C18H17ClN2O2/c19-16-4-2-1-3-15(16)17-11-21(18(22)23-17)14-6-5-12-7-8-20-10-13(12)9-14/h1-6,9,17,20H,7-8,10-11H2. The second-order valence-electron chi connectivity index (χ2n) is 5.88. The van der Waals surface area contributed by atoms with Gasteiger partial charge in [0.2, 0.25) is 0 Å². The molecule has 23 heavy (non-hydrogen) atoms. The molecule has 1 amide bonds. The number of fused-ring (bicyclic) bond motifs is 1. The molecule has 4 nitrogen and oxygen atoms in total. The Balaban J connectivity index is 1.61. The van der Waals surface area contributed by atoms with E-state index >= 15 is 0 Å². The first-order valence-corrected chi connectivity index (χ1v) is 8.15. The Morgan fingerprint density at radius 3 is 2.91 bits per heavy atom. The molecule has 118 valence electrons. The van der Waals surface area contributed by atoms with Gasteiger partial charge in [0.15, 0.2) is 0 Å². The molecule has 2 aromatic carbocycles. The molecular formula is C18H17ClN2O2. The fourth-order valence-corrected chi connectivity index (χ4v) is 3.46. The lowest BCUT2D eigenvalue weighted by Gasteiger charge is -2.20. The van der Waals surface area contributed by atoms with Crippen molar-refractivity contribution >= 4 is 23.4 Å². The van der Waals surface area contributed by atoms with Crippen LogP contribution in [0.3, 0.4) is 0 Å². The van der Waals surface area contributed by atoms with Crippen molar-refractivity contribution in [3.05, 3.63) is 64.2 Å². The molecule has 2 heterocycles. The Labute approximate surface area is 140 Å². The summed E-state index contributed by atoms with van der Waals surface area (Å²) in [6.07, 6.45) is 0.381. The number of carbonyl (C=O) groups is 1. The Kier molecular flexibility index (Phi) is 3.71. The summed E-state index contributed by atoms with van der Waals surface area (Å²) in [4.78, 5) is 14.0. The lowest BCUT2D eigenvalue weighted by molar-refractivity contribution is 0.142. The number of hydrogen-bond donors (Lipinski definition) is 1. The van der Waals surface area contributed by atoms with Gasteiger partial charge in [-0.2, -0.15) is 0 Å². The minimum atomic E-state index is -0.328. The molecule has 0 radical (unpaired) electrons. The molecule has 1 fully saturated rings. The van der Waals surface area contributed by atoms with E-state index in [1.54, 1.807) is 4.90 Å². The summed E-state index contributed by atoms with van der Waals surface area (Å²) in [5, 5.41) is 3.99. The molecule has 1 N–H and O–H groups in total. The average Bonchev–Trinajstić information content (AvgIpc) is 2.96. The van der Waals surface area contributed by atoms with E-state index in [4.69, 9.17) is 16.3 Å². The molecule has 0 saturated carbocycles. The lowest BCUT2D eigenvalue weighted by Crippen LogP contribution is -2.26. The van der Waals surface area contributed by atoms with Crippen molar-refractivity contribution in [2.45, 2.75) is 19.1 Å². The first-order chi connectivity index (χ1) is 11.2. The highest BCUT2D eigenvalue weighted by atomic mass is 35.5. The zero-order valence-corrected chi connectivity index (χ0v) is 13.3. The van der Waals surface area contributed by atoms with Crippen molar-refractivity contribution in [2.24, 2.45) is 0 Å². The summed E-state index contributed by atoms with van der Waals surface area (Å²) in [6.45, 7) is 2.33. The van der Waals surface area contributed by atoms with Crippen LogP contribution in [0.5, 0.6) is 0 Å². The van der Waals surface area contributed by atoms with E-state index in [2.05, 4.69) is 17.4 Å². The highest BCUT2D eigenvalue weighted by Gasteiger charge is 2.34. The number of nitrogens with zero attached hydrogens (tertiary/aromatic N) is 1. The summed E-state index contributed by atoms with van der Waals surface area (Å²) in [5.74, 6) is 0. The quantitative estimate of drug-likeness (QED) is 0.914. The smallest absolute Gasteiger partial charge is 0.415 e. The van der Waals surface area contributed by atoms with Gasteiger partial charge in [0.1, 0.15) is 6.10 Å². The maximum Gasteiger partial charge on any atom is 0.415 e. The molecule has 5 heteroatoms. The highest BCUT2D eigenvalue weighted by Crippen LogP contribution is 2.34. The zero-order valence-electron chi connectivity index (χ0n) is 12.6. The van der Waals surface area contributed by atoms with Crippen molar-refractivity contribution < 1.29 is 9.53 Å². The molecule has 1 atom stereocenters. The number of carbonyl (C=O) groups excluding carboxylic acids is 1. The van der Waals surface area contributed by atoms with Crippen molar-refractivity contribution in [2.75, 3.05) is 18.0 Å². The van der Waals surface area contributed by atoms with Crippen LogP contribution in [0.4, 0.5) is 10.5 Å². The fraction of sp³-hybridized carbons (Fsp3) is 0.278. The predicted octanol–water partition coefficient (Wildman–Crippen LogP) is 3.68. The van der Waals surface area contributed by atoms with Crippen LogP contribution in [0.25, 0.3) is 0 Å². The second-order valence-corrected chi connectivity index (χ2v) is 6.29. The maximum absolute atomic E-state index is 12.3. The number of benzene rings is 2. The normalized spacial score (nSPS) is 20.3. The summed E-state index contributed by atoms with van der Waals surface area (Å²) >= 11 is 6.22. The van der Waals surface area contributed by atoms with Gasteiger partial charge < -0.3 is 10.1 Å². The van der Waals surface area contributed by atoms with E-state index in [-0.39, 0.29) is 12.2 Å². The van der Waals surface area contributed by atoms with Crippen LogP contribution in [0.2, 0.25) is 5.02 Å². The van der Waals surface area contributed by atoms with E-state index in [0.29, 0.717) is 11.6 Å². The van der Waals surface area contributed by atoms with Crippen molar-refractivity contribution in [1.82, 2.24) is 5.32 Å². The summed E-state index contributed by atoms with van der Waals surface area (Å²) in [5.41, 5.74) is 4.34. The third-order valence-electron chi connectivity index (χ3n) is 4.45. The van der Waals surface area contributed by atoms with E-state index < -0.39 is 0 Å². The van der Waals surface area contributed by atoms with Gasteiger partial charge in [-0.3, -0.25) is 4.90 Å². The van der Waals surface area contributed by atoms with E-state index in [1.807, 2.05) is 30.3 Å². The number of anilines is 1. The Morgan fingerprint density at radius 2 is 2.04 bits per heavy atom. The SMILES string of the molecule is O=C1OC(c2ccccc2Cl)CN1c1ccc2c(c1)CNCC2. The molecule has 1 unspecified atom stereocenters. The first-order valence-electron chi connectivity index (χ1n) is 7.77. The third kappa shape index (κ3) is 2.69. The van der Waals surface area contributed by atoms with Crippen molar-refractivity contribution in [3.63, 3.8) is 0 Å². The topological polar surface area (TPSA) is 41.6 Å². The largest absolute Gasteiger partial charge is 0.439 e. The minimum Gasteiger partial charge on any atom is -0.439 e. The molecule has 0 spiro atoms.